The molecule has 1 aromatic heterocycles. The minimum absolute atomic E-state index is 0.103. The largest absolute Gasteiger partial charge is 0.378 e. The van der Waals surface area contributed by atoms with Crippen LogP contribution in [0.2, 0.25) is 0 Å². The first-order valence-corrected chi connectivity index (χ1v) is 6.61. The Morgan fingerprint density at radius 3 is 2.50 bits per heavy atom. The first-order chi connectivity index (χ1) is 9.50. The summed E-state index contributed by atoms with van der Waals surface area (Å²) in [5, 5.41) is 6.42. The van der Waals surface area contributed by atoms with E-state index < -0.39 is 6.04 Å². The average Bonchev–Trinajstić information content (AvgIpc) is 2.78. The molecule has 1 atom stereocenters. The van der Waals surface area contributed by atoms with Crippen LogP contribution in [-0.4, -0.2) is 54.2 Å². The number of nitrogens with one attached hydrogen (secondary N) is 1. The molecule has 0 radical (unpaired) electrons. The van der Waals surface area contributed by atoms with E-state index in [1.807, 2.05) is 0 Å². The standard InChI is InChI=1S/C13H19N3O4/c1-8-11(10(3)20-15-8)12(17)14-9(2)13(18)16-4-6-19-7-5-16/h9H,4-7H2,1-3H3,(H,14,17). The van der Waals surface area contributed by atoms with Gasteiger partial charge in [-0.25, -0.2) is 0 Å². The lowest BCUT2D eigenvalue weighted by Crippen LogP contribution is -2.50. The lowest BCUT2D eigenvalue weighted by Gasteiger charge is -2.29. The first-order valence-electron chi connectivity index (χ1n) is 6.61. The molecular weight excluding hydrogens is 262 g/mol. The molecule has 0 saturated carbocycles. The highest BCUT2D eigenvalue weighted by Crippen LogP contribution is 2.12. The summed E-state index contributed by atoms with van der Waals surface area (Å²) in [5.74, 6) is 0.00907. The molecule has 1 aliphatic heterocycles. The number of amides is 2. The topological polar surface area (TPSA) is 84.7 Å². The zero-order chi connectivity index (χ0) is 14.7. The molecule has 1 saturated heterocycles. The molecule has 0 aliphatic carbocycles. The van der Waals surface area contributed by atoms with E-state index in [1.165, 1.54) is 0 Å². The summed E-state index contributed by atoms with van der Waals surface area (Å²) in [6, 6.07) is -0.589. The number of rotatable bonds is 3. The normalized spacial score (nSPS) is 16.9. The Hall–Kier alpha value is -1.89. The van der Waals surface area contributed by atoms with Gasteiger partial charge in [0.15, 0.2) is 0 Å². The van der Waals surface area contributed by atoms with Gasteiger partial charge in [-0.15, -0.1) is 0 Å². The Kier molecular flexibility index (Phi) is 4.39. The number of hydrogen-bond acceptors (Lipinski definition) is 5. The van der Waals surface area contributed by atoms with Gasteiger partial charge < -0.3 is 19.5 Å². The van der Waals surface area contributed by atoms with Gasteiger partial charge in [-0.2, -0.15) is 0 Å². The second kappa shape index (κ2) is 6.04. The van der Waals surface area contributed by atoms with E-state index in [0.29, 0.717) is 43.3 Å². The van der Waals surface area contributed by atoms with Crippen molar-refractivity contribution in [2.45, 2.75) is 26.8 Å². The van der Waals surface area contributed by atoms with Gasteiger partial charge in [0.1, 0.15) is 17.4 Å². The third-order valence-corrected chi connectivity index (χ3v) is 3.30. The number of carbonyl (C=O) groups is 2. The van der Waals surface area contributed by atoms with Crippen molar-refractivity contribution < 1.29 is 18.8 Å². The molecule has 1 N–H and O–H groups in total. The van der Waals surface area contributed by atoms with Crippen molar-refractivity contribution in [1.29, 1.82) is 0 Å². The Balaban J connectivity index is 1.98. The highest BCUT2D eigenvalue weighted by molar-refractivity contribution is 5.98. The van der Waals surface area contributed by atoms with Crippen molar-refractivity contribution in [1.82, 2.24) is 15.4 Å². The van der Waals surface area contributed by atoms with Gasteiger partial charge in [0.25, 0.3) is 5.91 Å². The SMILES string of the molecule is Cc1noc(C)c1C(=O)NC(C)C(=O)N1CCOCC1. The first kappa shape index (κ1) is 14.5. The van der Waals surface area contributed by atoms with Crippen molar-refractivity contribution in [3.8, 4) is 0 Å². The average molecular weight is 281 g/mol. The van der Waals surface area contributed by atoms with Crippen LogP contribution >= 0.6 is 0 Å². The Morgan fingerprint density at radius 1 is 1.30 bits per heavy atom. The molecule has 1 fully saturated rings. The Bertz CT molecular complexity index is 486. The zero-order valence-corrected chi connectivity index (χ0v) is 11.9. The molecule has 1 aliphatic rings. The second-order valence-corrected chi connectivity index (χ2v) is 4.83. The second-order valence-electron chi connectivity index (χ2n) is 4.83. The van der Waals surface area contributed by atoms with Gasteiger partial charge in [-0.3, -0.25) is 9.59 Å². The van der Waals surface area contributed by atoms with Gasteiger partial charge in [0.05, 0.1) is 18.9 Å². The van der Waals surface area contributed by atoms with E-state index in [-0.39, 0.29) is 11.8 Å². The molecule has 20 heavy (non-hydrogen) atoms. The van der Waals surface area contributed by atoms with Crippen LogP contribution in [0.15, 0.2) is 4.52 Å². The molecule has 7 nitrogen and oxygen atoms in total. The van der Waals surface area contributed by atoms with Gasteiger partial charge in [-0.1, -0.05) is 5.16 Å². The molecule has 0 bridgehead atoms. The molecule has 2 heterocycles. The molecule has 0 aromatic carbocycles. The maximum absolute atomic E-state index is 12.2. The van der Waals surface area contributed by atoms with Crippen molar-refractivity contribution in [3.63, 3.8) is 0 Å². The molecule has 2 amide bonds. The molecule has 110 valence electrons. The highest BCUT2D eigenvalue weighted by atomic mass is 16.5. The van der Waals surface area contributed by atoms with Crippen LogP contribution in [0.3, 0.4) is 0 Å². The van der Waals surface area contributed by atoms with Crippen LogP contribution in [-0.2, 0) is 9.53 Å². The maximum atomic E-state index is 12.2. The highest BCUT2D eigenvalue weighted by Gasteiger charge is 2.26. The maximum Gasteiger partial charge on any atom is 0.257 e. The third-order valence-electron chi connectivity index (χ3n) is 3.30. The van der Waals surface area contributed by atoms with Gasteiger partial charge >= 0.3 is 0 Å². The summed E-state index contributed by atoms with van der Waals surface area (Å²) in [5.41, 5.74) is 0.914. The molecule has 1 unspecified atom stereocenters. The number of hydrogen-bond donors (Lipinski definition) is 1. The van der Waals surface area contributed by atoms with Crippen LogP contribution in [0.4, 0.5) is 0 Å². The molecule has 1 aromatic rings. The molecule has 2 rings (SSSR count). The number of aromatic nitrogens is 1. The van der Waals surface area contributed by atoms with Crippen LogP contribution in [0.5, 0.6) is 0 Å². The minimum Gasteiger partial charge on any atom is -0.378 e. The Labute approximate surface area is 117 Å². The van der Waals surface area contributed by atoms with Crippen LogP contribution < -0.4 is 5.32 Å². The summed E-state index contributed by atoms with van der Waals surface area (Å²) in [4.78, 5) is 26.0. The van der Waals surface area contributed by atoms with E-state index in [1.54, 1.807) is 25.7 Å². The van der Waals surface area contributed by atoms with Crippen LogP contribution in [0.25, 0.3) is 0 Å². The number of carbonyl (C=O) groups excluding carboxylic acids is 2. The fourth-order valence-electron chi connectivity index (χ4n) is 2.20. The van der Waals surface area contributed by atoms with Crippen molar-refractivity contribution in [3.05, 3.63) is 17.0 Å². The fourth-order valence-corrected chi connectivity index (χ4v) is 2.20. The van der Waals surface area contributed by atoms with E-state index in [4.69, 9.17) is 9.26 Å². The van der Waals surface area contributed by atoms with Crippen molar-refractivity contribution in [2.75, 3.05) is 26.3 Å². The van der Waals surface area contributed by atoms with Crippen molar-refractivity contribution in [2.24, 2.45) is 0 Å². The number of morpholine rings is 1. The van der Waals surface area contributed by atoms with Crippen LogP contribution in [0, 0.1) is 13.8 Å². The van der Waals surface area contributed by atoms with Crippen LogP contribution in [0.1, 0.15) is 28.7 Å². The quantitative estimate of drug-likeness (QED) is 0.859. The lowest BCUT2D eigenvalue weighted by atomic mass is 10.1. The third kappa shape index (κ3) is 2.98. The number of nitrogens with zero attached hydrogens (tertiary/aromatic N) is 2. The molecule has 0 spiro atoms. The summed E-state index contributed by atoms with van der Waals surface area (Å²) in [6.07, 6.45) is 0. The monoisotopic (exact) mass is 281 g/mol. The zero-order valence-electron chi connectivity index (χ0n) is 11.9. The summed E-state index contributed by atoms with van der Waals surface area (Å²) in [7, 11) is 0. The summed E-state index contributed by atoms with van der Waals surface area (Å²) < 4.78 is 10.2. The van der Waals surface area contributed by atoms with Gasteiger partial charge in [0.2, 0.25) is 5.91 Å². The van der Waals surface area contributed by atoms with E-state index >= 15 is 0 Å². The summed E-state index contributed by atoms with van der Waals surface area (Å²) in [6.45, 7) is 7.23. The minimum atomic E-state index is -0.589. The fraction of sp³-hybridized carbons (Fsp3) is 0.615. The predicted molar refractivity (Wildman–Crippen MR) is 70.3 cm³/mol. The van der Waals surface area contributed by atoms with Crippen molar-refractivity contribution >= 4 is 11.8 Å². The number of aryl methyl sites for hydroxylation is 2. The molecular formula is C13H19N3O4. The van der Waals surface area contributed by atoms with E-state index in [2.05, 4.69) is 10.5 Å². The van der Waals surface area contributed by atoms with E-state index in [9.17, 15) is 9.59 Å². The number of ether oxygens (including phenoxy) is 1. The molecule has 7 heteroatoms. The van der Waals surface area contributed by atoms with E-state index in [0.717, 1.165) is 0 Å². The smallest absolute Gasteiger partial charge is 0.257 e. The summed E-state index contributed by atoms with van der Waals surface area (Å²) >= 11 is 0. The van der Waals surface area contributed by atoms with Gasteiger partial charge in [0, 0.05) is 13.1 Å². The van der Waals surface area contributed by atoms with Gasteiger partial charge in [-0.05, 0) is 20.8 Å². The predicted octanol–water partition coefficient (Wildman–Crippen LogP) is 0.269. The lowest BCUT2D eigenvalue weighted by molar-refractivity contribution is -0.136. The Morgan fingerprint density at radius 2 is 1.95 bits per heavy atom.